The third kappa shape index (κ3) is 3.04. The predicted octanol–water partition coefficient (Wildman–Crippen LogP) is 2.90. The molecule has 0 fully saturated rings. The van der Waals surface area contributed by atoms with Crippen molar-refractivity contribution in [2.24, 2.45) is 0 Å². The Morgan fingerprint density at radius 1 is 1.38 bits per heavy atom. The van der Waals surface area contributed by atoms with Gasteiger partial charge in [0.2, 0.25) is 0 Å². The molecule has 2 aromatic rings. The highest BCUT2D eigenvalue weighted by atomic mass is 35.5. The van der Waals surface area contributed by atoms with E-state index in [1.54, 1.807) is 25.1 Å². The number of aliphatic hydroxyl groups is 1. The third-order valence-electron chi connectivity index (χ3n) is 3.71. The van der Waals surface area contributed by atoms with Gasteiger partial charge in [-0.15, -0.1) is 10.2 Å². The molecule has 1 aliphatic heterocycles. The highest BCUT2D eigenvalue weighted by molar-refractivity contribution is 6.30. The smallest absolute Gasteiger partial charge is 0.171 e. The quantitative estimate of drug-likeness (QED) is 0.943. The highest BCUT2D eigenvalue weighted by Crippen LogP contribution is 2.29. The van der Waals surface area contributed by atoms with Gasteiger partial charge in [-0.05, 0) is 38.0 Å². The molecular formula is C15H18ClN3O2. The molecule has 0 amide bonds. The van der Waals surface area contributed by atoms with Crippen LogP contribution in [0.1, 0.15) is 43.1 Å². The first-order chi connectivity index (χ1) is 10.1. The first kappa shape index (κ1) is 14.4. The van der Waals surface area contributed by atoms with Gasteiger partial charge in [-0.1, -0.05) is 11.6 Å². The lowest BCUT2D eigenvalue weighted by Gasteiger charge is -2.16. The van der Waals surface area contributed by atoms with Gasteiger partial charge in [0.1, 0.15) is 18.2 Å². The van der Waals surface area contributed by atoms with Crippen LogP contribution in [0.25, 0.3) is 0 Å². The summed E-state index contributed by atoms with van der Waals surface area (Å²) < 4.78 is 7.95. The van der Waals surface area contributed by atoms with E-state index in [0.717, 1.165) is 31.0 Å². The molecule has 0 radical (unpaired) electrons. The maximum absolute atomic E-state index is 9.81. The van der Waals surface area contributed by atoms with E-state index in [1.807, 2.05) is 0 Å². The Balaban J connectivity index is 1.77. The first-order valence-electron chi connectivity index (χ1n) is 7.16. The monoisotopic (exact) mass is 307 g/mol. The normalized spacial score (nSPS) is 15.6. The fourth-order valence-corrected chi connectivity index (χ4v) is 2.78. The van der Waals surface area contributed by atoms with Crippen molar-refractivity contribution < 1.29 is 9.84 Å². The summed E-state index contributed by atoms with van der Waals surface area (Å²) in [5, 5.41) is 18.8. The number of hydrogen-bond donors (Lipinski definition) is 1. The first-order valence-corrected chi connectivity index (χ1v) is 7.54. The standard InChI is InChI=1S/C15H18ClN3O2/c1-10(20)12-8-11(16)5-6-13(12)21-9-15-18-17-14-4-2-3-7-19(14)15/h5-6,8,10,20H,2-4,7,9H2,1H3. The minimum Gasteiger partial charge on any atom is -0.485 e. The van der Waals surface area contributed by atoms with E-state index in [2.05, 4.69) is 14.8 Å². The van der Waals surface area contributed by atoms with Gasteiger partial charge in [0.25, 0.3) is 0 Å². The number of aromatic nitrogens is 3. The van der Waals surface area contributed by atoms with E-state index in [1.165, 1.54) is 6.42 Å². The number of ether oxygens (including phenoxy) is 1. The molecule has 5 nitrogen and oxygen atoms in total. The molecule has 1 aliphatic rings. The predicted molar refractivity (Wildman–Crippen MR) is 79.4 cm³/mol. The number of rotatable bonds is 4. The van der Waals surface area contributed by atoms with Crippen LogP contribution in [0.3, 0.4) is 0 Å². The van der Waals surface area contributed by atoms with Crippen LogP contribution in [0.15, 0.2) is 18.2 Å². The summed E-state index contributed by atoms with van der Waals surface area (Å²) in [6.45, 7) is 2.98. The molecule has 0 spiro atoms. The van der Waals surface area contributed by atoms with E-state index in [0.29, 0.717) is 22.9 Å². The minimum absolute atomic E-state index is 0.342. The fraction of sp³-hybridized carbons (Fsp3) is 0.467. The Kier molecular flexibility index (Phi) is 4.12. The number of hydrogen-bond acceptors (Lipinski definition) is 4. The zero-order valence-electron chi connectivity index (χ0n) is 11.9. The molecule has 1 N–H and O–H groups in total. The number of benzene rings is 1. The Morgan fingerprint density at radius 3 is 3.05 bits per heavy atom. The average molecular weight is 308 g/mol. The van der Waals surface area contributed by atoms with Gasteiger partial charge in [-0.2, -0.15) is 0 Å². The summed E-state index contributed by atoms with van der Waals surface area (Å²) in [6.07, 6.45) is 2.67. The molecule has 6 heteroatoms. The summed E-state index contributed by atoms with van der Waals surface area (Å²) in [4.78, 5) is 0. The molecule has 0 aliphatic carbocycles. The van der Waals surface area contributed by atoms with Crippen LogP contribution < -0.4 is 4.74 Å². The second kappa shape index (κ2) is 6.03. The van der Waals surface area contributed by atoms with Crippen molar-refractivity contribution in [3.05, 3.63) is 40.4 Å². The molecular weight excluding hydrogens is 290 g/mol. The zero-order chi connectivity index (χ0) is 14.8. The number of aryl methyl sites for hydroxylation is 1. The van der Waals surface area contributed by atoms with E-state index in [9.17, 15) is 5.11 Å². The van der Waals surface area contributed by atoms with Gasteiger partial charge in [-0.25, -0.2) is 0 Å². The lowest BCUT2D eigenvalue weighted by atomic mass is 10.1. The van der Waals surface area contributed by atoms with Crippen LogP contribution in [-0.2, 0) is 19.6 Å². The Labute approximate surface area is 128 Å². The van der Waals surface area contributed by atoms with E-state index in [-0.39, 0.29) is 0 Å². The number of fused-ring (bicyclic) bond motifs is 1. The van der Waals surface area contributed by atoms with Gasteiger partial charge < -0.3 is 14.4 Å². The van der Waals surface area contributed by atoms with E-state index < -0.39 is 6.10 Å². The van der Waals surface area contributed by atoms with Crippen LogP contribution in [0.5, 0.6) is 5.75 Å². The molecule has 2 heterocycles. The van der Waals surface area contributed by atoms with Crippen LogP contribution in [0.4, 0.5) is 0 Å². The molecule has 1 aromatic heterocycles. The lowest BCUT2D eigenvalue weighted by molar-refractivity contribution is 0.189. The highest BCUT2D eigenvalue weighted by Gasteiger charge is 2.17. The van der Waals surface area contributed by atoms with E-state index in [4.69, 9.17) is 16.3 Å². The molecule has 3 rings (SSSR count). The summed E-state index contributed by atoms with van der Waals surface area (Å²) in [7, 11) is 0. The fourth-order valence-electron chi connectivity index (χ4n) is 2.59. The van der Waals surface area contributed by atoms with Crippen molar-refractivity contribution in [2.75, 3.05) is 0 Å². The Morgan fingerprint density at radius 2 is 2.24 bits per heavy atom. The molecule has 1 unspecified atom stereocenters. The van der Waals surface area contributed by atoms with Crippen LogP contribution in [-0.4, -0.2) is 19.9 Å². The molecule has 1 aromatic carbocycles. The molecule has 21 heavy (non-hydrogen) atoms. The van der Waals surface area contributed by atoms with Crippen molar-refractivity contribution in [3.8, 4) is 5.75 Å². The second-order valence-electron chi connectivity index (χ2n) is 5.29. The average Bonchev–Trinajstić information content (AvgIpc) is 2.89. The SMILES string of the molecule is CC(O)c1cc(Cl)ccc1OCc1nnc2n1CCCC2. The largest absolute Gasteiger partial charge is 0.485 e. The van der Waals surface area contributed by atoms with Crippen LogP contribution in [0, 0.1) is 0 Å². The third-order valence-corrected chi connectivity index (χ3v) is 3.95. The number of nitrogens with zero attached hydrogens (tertiary/aromatic N) is 3. The molecule has 1 atom stereocenters. The number of halogens is 1. The molecule has 112 valence electrons. The van der Waals surface area contributed by atoms with Gasteiger partial charge >= 0.3 is 0 Å². The number of aliphatic hydroxyl groups excluding tert-OH is 1. The molecule has 0 bridgehead atoms. The van der Waals surface area contributed by atoms with E-state index >= 15 is 0 Å². The zero-order valence-corrected chi connectivity index (χ0v) is 12.7. The Hall–Kier alpha value is -1.59. The van der Waals surface area contributed by atoms with Gasteiger partial charge in [-0.3, -0.25) is 0 Å². The summed E-state index contributed by atoms with van der Waals surface area (Å²) in [5.74, 6) is 2.49. The second-order valence-corrected chi connectivity index (χ2v) is 5.72. The van der Waals surface area contributed by atoms with Crippen molar-refractivity contribution >= 4 is 11.6 Å². The van der Waals surface area contributed by atoms with Gasteiger partial charge in [0, 0.05) is 23.6 Å². The summed E-state index contributed by atoms with van der Waals surface area (Å²) in [5.41, 5.74) is 0.681. The topological polar surface area (TPSA) is 60.2 Å². The summed E-state index contributed by atoms with van der Waals surface area (Å²) in [6, 6.07) is 5.25. The lowest BCUT2D eigenvalue weighted by Crippen LogP contribution is -2.14. The van der Waals surface area contributed by atoms with Crippen LogP contribution in [0.2, 0.25) is 5.02 Å². The van der Waals surface area contributed by atoms with Gasteiger partial charge in [0.15, 0.2) is 5.82 Å². The molecule has 0 saturated carbocycles. The summed E-state index contributed by atoms with van der Waals surface area (Å²) >= 11 is 5.96. The molecule has 0 saturated heterocycles. The Bertz CT molecular complexity index is 640. The minimum atomic E-state index is -0.633. The van der Waals surface area contributed by atoms with Crippen molar-refractivity contribution in [1.29, 1.82) is 0 Å². The van der Waals surface area contributed by atoms with Gasteiger partial charge in [0.05, 0.1) is 6.10 Å². The maximum atomic E-state index is 9.81. The van der Waals surface area contributed by atoms with Crippen LogP contribution >= 0.6 is 11.6 Å². The van der Waals surface area contributed by atoms with Crippen molar-refractivity contribution in [1.82, 2.24) is 14.8 Å². The van der Waals surface area contributed by atoms with Crippen molar-refractivity contribution in [3.63, 3.8) is 0 Å². The van der Waals surface area contributed by atoms with Crippen molar-refractivity contribution in [2.45, 2.75) is 45.4 Å². The maximum Gasteiger partial charge on any atom is 0.171 e.